The molecule has 16 heavy (non-hydrogen) atoms. The largest absolute Gasteiger partial charge is 0.484 e. The summed E-state index contributed by atoms with van der Waals surface area (Å²) in [5.41, 5.74) is 6.76. The van der Waals surface area contributed by atoms with Crippen LogP contribution in [-0.4, -0.2) is 4.98 Å². The number of benzene rings is 1. The minimum absolute atomic E-state index is 0.230. The van der Waals surface area contributed by atoms with Crippen molar-refractivity contribution in [2.45, 2.75) is 13.5 Å². The summed E-state index contributed by atoms with van der Waals surface area (Å²) in [5, 5.41) is 2.28. The molecule has 1 aromatic heterocycles. The van der Waals surface area contributed by atoms with E-state index in [2.05, 4.69) is 4.98 Å². The van der Waals surface area contributed by atoms with Crippen LogP contribution in [0.2, 0.25) is 0 Å². The van der Waals surface area contributed by atoms with Gasteiger partial charge in [-0.25, -0.2) is 9.37 Å². The molecule has 1 aromatic carbocycles. The van der Waals surface area contributed by atoms with Gasteiger partial charge >= 0.3 is 0 Å². The molecule has 0 unspecified atom stereocenters. The van der Waals surface area contributed by atoms with Crippen LogP contribution in [-0.2, 0) is 6.61 Å². The SMILES string of the molecule is Cc1cccc(OCc2csc(N)n2)c1F. The summed E-state index contributed by atoms with van der Waals surface area (Å²) in [6.45, 7) is 1.93. The van der Waals surface area contributed by atoms with Crippen LogP contribution in [0.25, 0.3) is 0 Å². The highest BCUT2D eigenvalue weighted by Crippen LogP contribution is 2.21. The van der Waals surface area contributed by atoms with E-state index in [1.807, 2.05) is 0 Å². The van der Waals surface area contributed by atoms with Crippen molar-refractivity contribution >= 4 is 16.5 Å². The van der Waals surface area contributed by atoms with E-state index in [1.54, 1.807) is 30.5 Å². The maximum Gasteiger partial charge on any atom is 0.180 e. The van der Waals surface area contributed by atoms with Crippen molar-refractivity contribution in [3.05, 3.63) is 40.7 Å². The molecule has 2 aromatic rings. The second kappa shape index (κ2) is 4.49. The molecule has 0 aliphatic heterocycles. The topological polar surface area (TPSA) is 48.1 Å². The Morgan fingerprint density at radius 1 is 1.50 bits per heavy atom. The van der Waals surface area contributed by atoms with Crippen LogP contribution in [0.15, 0.2) is 23.6 Å². The number of hydrogen-bond acceptors (Lipinski definition) is 4. The van der Waals surface area contributed by atoms with E-state index in [-0.39, 0.29) is 18.2 Å². The maximum absolute atomic E-state index is 13.5. The fourth-order valence-corrected chi connectivity index (χ4v) is 1.82. The monoisotopic (exact) mass is 238 g/mol. The summed E-state index contributed by atoms with van der Waals surface area (Å²) in [4.78, 5) is 4.03. The second-order valence-electron chi connectivity index (χ2n) is 3.35. The molecule has 0 amide bonds. The Hall–Kier alpha value is -1.62. The molecule has 5 heteroatoms. The molecule has 2 N–H and O–H groups in total. The zero-order valence-corrected chi connectivity index (χ0v) is 9.55. The van der Waals surface area contributed by atoms with Crippen molar-refractivity contribution in [3.63, 3.8) is 0 Å². The lowest BCUT2D eigenvalue weighted by Gasteiger charge is -2.06. The van der Waals surface area contributed by atoms with Gasteiger partial charge < -0.3 is 10.5 Å². The Morgan fingerprint density at radius 3 is 3.00 bits per heavy atom. The van der Waals surface area contributed by atoms with Gasteiger partial charge in [0, 0.05) is 5.38 Å². The van der Waals surface area contributed by atoms with Crippen LogP contribution in [0, 0.1) is 12.7 Å². The third-order valence-electron chi connectivity index (χ3n) is 2.10. The molecule has 84 valence electrons. The maximum atomic E-state index is 13.5. The van der Waals surface area contributed by atoms with Gasteiger partial charge in [-0.3, -0.25) is 0 Å². The minimum Gasteiger partial charge on any atom is -0.484 e. The average Bonchev–Trinajstić information content (AvgIpc) is 2.67. The van der Waals surface area contributed by atoms with Gasteiger partial charge in [0.2, 0.25) is 0 Å². The van der Waals surface area contributed by atoms with E-state index in [1.165, 1.54) is 11.3 Å². The molecule has 0 spiro atoms. The number of ether oxygens (including phenoxy) is 1. The van der Waals surface area contributed by atoms with Crippen molar-refractivity contribution in [2.75, 3.05) is 5.73 Å². The number of halogens is 1. The Labute approximate surface area is 96.7 Å². The number of nitrogen functional groups attached to an aromatic ring is 1. The molecule has 0 aliphatic rings. The Morgan fingerprint density at radius 2 is 2.31 bits per heavy atom. The second-order valence-corrected chi connectivity index (χ2v) is 4.24. The third kappa shape index (κ3) is 2.30. The molecule has 3 nitrogen and oxygen atoms in total. The molecular formula is C11H11FN2OS. The lowest BCUT2D eigenvalue weighted by molar-refractivity contribution is 0.286. The molecule has 1 heterocycles. The minimum atomic E-state index is -0.328. The first kappa shape index (κ1) is 10.9. The fourth-order valence-electron chi connectivity index (χ4n) is 1.27. The quantitative estimate of drug-likeness (QED) is 0.894. The van der Waals surface area contributed by atoms with E-state index < -0.39 is 0 Å². The number of nitrogens with zero attached hydrogens (tertiary/aromatic N) is 1. The van der Waals surface area contributed by atoms with Gasteiger partial charge in [0.15, 0.2) is 16.7 Å². The highest BCUT2D eigenvalue weighted by molar-refractivity contribution is 7.13. The molecular weight excluding hydrogens is 227 g/mol. The Kier molecular flexibility index (Phi) is 3.05. The van der Waals surface area contributed by atoms with Gasteiger partial charge in [0.25, 0.3) is 0 Å². The van der Waals surface area contributed by atoms with Crippen LogP contribution in [0.4, 0.5) is 9.52 Å². The van der Waals surface area contributed by atoms with Crippen LogP contribution in [0.1, 0.15) is 11.3 Å². The van der Waals surface area contributed by atoms with Crippen LogP contribution in [0.5, 0.6) is 5.75 Å². The van der Waals surface area contributed by atoms with Crippen molar-refractivity contribution in [1.82, 2.24) is 4.98 Å². The Balaban J connectivity index is 2.07. The predicted octanol–water partition coefficient (Wildman–Crippen LogP) is 2.75. The Bertz CT molecular complexity index is 498. The standard InChI is InChI=1S/C11H11FN2OS/c1-7-3-2-4-9(10(7)12)15-5-8-6-16-11(13)14-8/h2-4,6H,5H2,1H3,(H2,13,14). The van der Waals surface area contributed by atoms with E-state index >= 15 is 0 Å². The van der Waals surface area contributed by atoms with Crippen molar-refractivity contribution < 1.29 is 9.13 Å². The summed E-state index contributed by atoms with van der Waals surface area (Å²) in [6.07, 6.45) is 0. The van der Waals surface area contributed by atoms with E-state index in [4.69, 9.17) is 10.5 Å². The van der Waals surface area contributed by atoms with Crippen LogP contribution < -0.4 is 10.5 Å². The molecule has 0 saturated heterocycles. The van der Waals surface area contributed by atoms with Crippen molar-refractivity contribution in [3.8, 4) is 5.75 Å². The van der Waals surface area contributed by atoms with Gasteiger partial charge in [-0.1, -0.05) is 12.1 Å². The predicted molar refractivity (Wildman–Crippen MR) is 62.0 cm³/mol. The zero-order valence-electron chi connectivity index (χ0n) is 8.74. The normalized spacial score (nSPS) is 10.4. The lowest BCUT2D eigenvalue weighted by atomic mass is 10.2. The number of anilines is 1. The summed E-state index contributed by atoms with van der Waals surface area (Å²) < 4.78 is 18.9. The number of thiazole rings is 1. The highest BCUT2D eigenvalue weighted by atomic mass is 32.1. The van der Waals surface area contributed by atoms with E-state index in [9.17, 15) is 4.39 Å². The van der Waals surface area contributed by atoms with Gasteiger partial charge in [-0.05, 0) is 18.6 Å². The molecule has 2 rings (SSSR count). The van der Waals surface area contributed by atoms with Crippen molar-refractivity contribution in [2.24, 2.45) is 0 Å². The lowest BCUT2D eigenvalue weighted by Crippen LogP contribution is -1.99. The van der Waals surface area contributed by atoms with Crippen LogP contribution >= 0.6 is 11.3 Å². The number of aryl methyl sites for hydroxylation is 1. The molecule has 0 atom stereocenters. The summed E-state index contributed by atoms with van der Waals surface area (Å²) in [6, 6.07) is 5.05. The van der Waals surface area contributed by atoms with Crippen molar-refractivity contribution in [1.29, 1.82) is 0 Å². The van der Waals surface area contributed by atoms with Gasteiger partial charge in [0.05, 0.1) is 5.69 Å². The highest BCUT2D eigenvalue weighted by Gasteiger charge is 2.06. The molecule has 0 fully saturated rings. The smallest absolute Gasteiger partial charge is 0.180 e. The number of nitrogens with two attached hydrogens (primary N) is 1. The number of rotatable bonds is 3. The van der Waals surface area contributed by atoms with Gasteiger partial charge in [-0.2, -0.15) is 0 Å². The first-order valence-electron chi connectivity index (χ1n) is 4.74. The van der Waals surface area contributed by atoms with Crippen LogP contribution in [0.3, 0.4) is 0 Å². The molecule has 0 saturated carbocycles. The molecule has 0 aliphatic carbocycles. The summed E-state index contributed by atoms with van der Waals surface area (Å²) >= 11 is 1.34. The number of hydrogen-bond donors (Lipinski definition) is 1. The zero-order chi connectivity index (χ0) is 11.5. The molecule has 0 bridgehead atoms. The molecule has 0 radical (unpaired) electrons. The van der Waals surface area contributed by atoms with E-state index in [0.29, 0.717) is 16.4 Å². The van der Waals surface area contributed by atoms with Gasteiger partial charge in [0.1, 0.15) is 6.61 Å². The van der Waals surface area contributed by atoms with Gasteiger partial charge in [-0.15, -0.1) is 11.3 Å². The van der Waals surface area contributed by atoms with E-state index in [0.717, 1.165) is 0 Å². The summed E-state index contributed by atoms with van der Waals surface area (Å²) in [7, 11) is 0. The number of aromatic nitrogens is 1. The third-order valence-corrected chi connectivity index (χ3v) is 2.82. The average molecular weight is 238 g/mol. The summed E-state index contributed by atoms with van der Waals surface area (Å²) in [5.74, 6) is -0.0859. The fraction of sp³-hybridized carbons (Fsp3) is 0.182. The first-order chi connectivity index (χ1) is 7.66. The first-order valence-corrected chi connectivity index (χ1v) is 5.62.